The standard InChI is InChI=1S/C14H19ClN2O/c1-10(11-4-6-13(15)7-5-11)17-14(18)12-3-2-8-16-9-12/h4-7,10,12,16H,2-3,8-9H2,1H3,(H,17,18)/t10-,12-/m0/s1. The van der Waals surface area contributed by atoms with Crippen molar-refractivity contribution in [1.29, 1.82) is 0 Å². The van der Waals surface area contributed by atoms with Crippen molar-refractivity contribution in [1.82, 2.24) is 10.6 Å². The molecule has 0 spiro atoms. The first kappa shape index (κ1) is 13.4. The van der Waals surface area contributed by atoms with Gasteiger partial charge in [-0.3, -0.25) is 4.79 Å². The zero-order chi connectivity index (χ0) is 13.0. The molecule has 4 heteroatoms. The summed E-state index contributed by atoms with van der Waals surface area (Å²) >= 11 is 5.85. The van der Waals surface area contributed by atoms with Crippen molar-refractivity contribution in [2.45, 2.75) is 25.8 Å². The first-order valence-electron chi connectivity index (χ1n) is 6.43. The molecule has 1 aromatic rings. The Morgan fingerprint density at radius 2 is 2.17 bits per heavy atom. The van der Waals surface area contributed by atoms with Crippen molar-refractivity contribution in [3.05, 3.63) is 34.9 Å². The molecule has 0 bridgehead atoms. The Labute approximate surface area is 113 Å². The third kappa shape index (κ3) is 3.47. The zero-order valence-electron chi connectivity index (χ0n) is 10.6. The Morgan fingerprint density at radius 1 is 1.44 bits per heavy atom. The zero-order valence-corrected chi connectivity index (χ0v) is 11.3. The summed E-state index contributed by atoms with van der Waals surface area (Å²) in [5.74, 6) is 0.248. The van der Waals surface area contributed by atoms with E-state index < -0.39 is 0 Å². The number of hydrogen-bond acceptors (Lipinski definition) is 2. The number of halogens is 1. The van der Waals surface area contributed by atoms with Gasteiger partial charge in [-0.25, -0.2) is 0 Å². The van der Waals surface area contributed by atoms with Crippen molar-refractivity contribution in [3.8, 4) is 0 Å². The lowest BCUT2D eigenvalue weighted by Gasteiger charge is -2.24. The van der Waals surface area contributed by atoms with Crippen LogP contribution in [0.25, 0.3) is 0 Å². The molecule has 1 aliphatic rings. The number of hydrogen-bond donors (Lipinski definition) is 2. The summed E-state index contributed by atoms with van der Waals surface area (Å²) in [5, 5.41) is 7.04. The summed E-state index contributed by atoms with van der Waals surface area (Å²) in [4.78, 5) is 12.1. The number of benzene rings is 1. The van der Waals surface area contributed by atoms with Crippen LogP contribution in [0.5, 0.6) is 0 Å². The molecule has 1 fully saturated rings. The Balaban J connectivity index is 1.91. The normalized spacial score (nSPS) is 21.3. The molecule has 0 radical (unpaired) electrons. The van der Waals surface area contributed by atoms with Crippen LogP contribution in [0.4, 0.5) is 0 Å². The predicted octanol–water partition coefficient (Wildman–Crippen LogP) is 2.52. The van der Waals surface area contributed by atoms with Gasteiger partial charge in [0.2, 0.25) is 5.91 Å². The summed E-state index contributed by atoms with van der Waals surface area (Å²) in [5.41, 5.74) is 1.08. The van der Waals surface area contributed by atoms with Crippen LogP contribution in [-0.2, 0) is 4.79 Å². The van der Waals surface area contributed by atoms with Crippen molar-refractivity contribution in [2.75, 3.05) is 13.1 Å². The Morgan fingerprint density at radius 3 is 2.78 bits per heavy atom. The first-order valence-corrected chi connectivity index (χ1v) is 6.81. The summed E-state index contributed by atoms with van der Waals surface area (Å²) in [6.45, 7) is 3.81. The number of carbonyl (C=O) groups is 1. The van der Waals surface area contributed by atoms with Crippen LogP contribution in [0, 0.1) is 5.92 Å². The maximum atomic E-state index is 12.1. The Kier molecular flexibility index (Phi) is 4.61. The highest BCUT2D eigenvalue weighted by Crippen LogP contribution is 2.17. The minimum Gasteiger partial charge on any atom is -0.349 e. The quantitative estimate of drug-likeness (QED) is 0.883. The van der Waals surface area contributed by atoms with Gasteiger partial charge in [-0.1, -0.05) is 23.7 Å². The fourth-order valence-corrected chi connectivity index (χ4v) is 2.37. The van der Waals surface area contributed by atoms with E-state index >= 15 is 0 Å². The summed E-state index contributed by atoms with van der Waals surface area (Å²) < 4.78 is 0. The van der Waals surface area contributed by atoms with Crippen LogP contribution in [-0.4, -0.2) is 19.0 Å². The topological polar surface area (TPSA) is 41.1 Å². The van der Waals surface area contributed by atoms with E-state index in [0.717, 1.165) is 31.5 Å². The summed E-state index contributed by atoms with van der Waals surface area (Å²) in [6.07, 6.45) is 2.06. The second-order valence-electron chi connectivity index (χ2n) is 4.83. The number of amides is 1. The number of rotatable bonds is 3. The van der Waals surface area contributed by atoms with Gasteiger partial charge in [0.1, 0.15) is 0 Å². The molecule has 2 atom stereocenters. The Hall–Kier alpha value is -1.06. The lowest BCUT2D eigenvalue weighted by Crippen LogP contribution is -2.41. The van der Waals surface area contributed by atoms with Gasteiger partial charge in [0.15, 0.2) is 0 Å². The van der Waals surface area contributed by atoms with Gasteiger partial charge in [0.05, 0.1) is 12.0 Å². The molecule has 1 heterocycles. The van der Waals surface area contributed by atoms with Crippen LogP contribution >= 0.6 is 11.6 Å². The van der Waals surface area contributed by atoms with Crippen LogP contribution in [0.3, 0.4) is 0 Å². The van der Waals surface area contributed by atoms with E-state index in [0.29, 0.717) is 5.02 Å². The molecule has 2 rings (SSSR count). The number of piperidine rings is 1. The van der Waals surface area contributed by atoms with E-state index in [1.807, 2.05) is 31.2 Å². The van der Waals surface area contributed by atoms with Crippen LogP contribution in [0.1, 0.15) is 31.4 Å². The SMILES string of the molecule is C[C@H](NC(=O)[C@H]1CCCNC1)c1ccc(Cl)cc1. The van der Waals surface area contributed by atoms with Crippen molar-refractivity contribution < 1.29 is 4.79 Å². The maximum Gasteiger partial charge on any atom is 0.224 e. The third-order valence-electron chi connectivity index (χ3n) is 3.40. The minimum atomic E-state index is 0.0247. The fourth-order valence-electron chi connectivity index (χ4n) is 2.24. The average molecular weight is 267 g/mol. The highest BCUT2D eigenvalue weighted by molar-refractivity contribution is 6.30. The van der Waals surface area contributed by atoms with E-state index in [2.05, 4.69) is 10.6 Å². The Bertz CT molecular complexity index is 399. The maximum absolute atomic E-state index is 12.1. The average Bonchev–Trinajstić information content (AvgIpc) is 2.40. The molecule has 0 aliphatic carbocycles. The van der Waals surface area contributed by atoms with Crippen molar-refractivity contribution in [3.63, 3.8) is 0 Å². The van der Waals surface area contributed by atoms with Gasteiger partial charge in [-0.15, -0.1) is 0 Å². The van der Waals surface area contributed by atoms with Crippen molar-refractivity contribution in [2.24, 2.45) is 5.92 Å². The molecule has 1 aliphatic heterocycles. The molecule has 3 nitrogen and oxygen atoms in total. The fraction of sp³-hybridized carbons (Fsp3) is 0.500. The molecule has 0 saturated carbocycles. The summed E-state index contributed by atoms with van der Waals surface area (Å²) in [7, 11) is 0. The van der Waals surface area contributed by atoms with Gasteiger partial charge in [0.25, 0.3) is 0 Å². The van der Waals surface area contributed by atoms with Gasteiger partial charge < -0.3 is 10.6 Å². The molecule has 0 aromatic heterocycles. The van der Waals surface area contributed by atoms with E-state index in [1.54, 1.807) is 0 Å². The molecule has 1 amide bonds. The second kappa shape index (κ2) is 6.21. The smallest absolute Gasteiger partial charge is 0.224 e. The van der Waals surface area contributed by atoms with Crippen LogP contribution in [0.15, 0.2) is 24.3 Å². The lowest BCUT2D eigenvalue weighted by atomic mass is 9.98. The molecular weight excluding hydrogens is 248 g/mol. The predicted molar refractivity (Wildman–Crippen MR) is 73.6 cm³/mol. The van der Waals surface area contributed by atoms with E-state index in [4.69, 9.17) is 11.6 Å². The van der Waals surface area contributed by atoms with Gasteiger partial charge in [-0.05, 0) is 44.0 Å². The van der Waals surface area contributed by atoms with E-state index in [1.165, 1.54) is 0 Å². The molecule has 98 valence electrons. The van der Waals surface area contributed by atoms with Crippen LogP contribution in [0.2, 0.25) is 5.02 Å². The third-order valence-corrected chi connectivity index (χ3v) is 3.65. The molecule has 1 aromatic carbocycles. The first-order chi connectivity index (χ1) is 8.66. The van der Waals surface area contributed by atoms with Gasteiger partial charge in [-0.2, -0.15) is 0 Å². The van der Waals surface area contributed by atoms with E-state index in [9.17, 15) is 4.79 Å². The second-order valence-corrected chi connectivity index (χ2v) is 5.26. The molecule has 2 N–H and O–H groups in total. The van der Waals surface area contributed by atoms with Gasteiger partial charge >= 0.3 is 0 Å². The molecule has 1 saturated heterocycles. The molecular formula is C14H19ClN2O. The largest absolute Gasteiger partial charge is 0.349 e. The van der Waals surface area contributed by atoms with Crippen LogP contribution < -0.4 is 10.6 Å². The summed E-state index contributed by atoms with van der Waals surface area (Å²) in [6, 6.07) is 7.62. The van der Waals surface area contributed by atoms with E-state index in [-0.39, 0.29) is 17.9 Å². The lowest BCUT2D eigenvalue weighted by molar-refractivity contribution is -0.126. The number of nitrogens with one attached hydrogen (secondary N) is 2. The van der Waals surface area contributed by atoms with Crippen molar-refractivity contribution >= 4 is 17.5 Å². The highest BCUT2D eigenvalue weighted by Gasteiger charge is 2.22. The van der Waals surface area contributed by atoms with Gasteiger partial charge in [0, 0.05) is 11.6 Å². The monoisotopic (exact) mass is 266 g/mol. The number of carbonyl (C=O) groups excluding carboxylic acids is 1. The molecule has 18 heavy (non-hydrogen) atoms. The highest BCUT2D eigenvalue weighted by atomic mass is 35.5. The minimum absolute atomic E-state index is 0.0247. The molecule has 0 unspecified atom stereocenters.